The van der Waals surface area contributed by atoms with E-state index in [1.165, 1.54) is 0 Å². The Morgan fingerprint density at radius 3 is 2.50 bits per heavy atom. The first-order chi connectivity index (χ1) is 16.6. The second kappa shape index (κ2) is 10.8. The molecule has 1 aromatic heterocycles. The Morgan fingerprint density at radius 1 is 1.15 bits per heavy atom. The van der Waals surface area contributed by atoms with Crippen LogP contribution >= 0.6 is 0 Å². The van der Waals surface area contributed by atoms with Crippen LogP contribution in [0.3, 0.4) is 0 Å². The Morgan fingerprint density at radius 2 is 1.88 bits per heavy atom. The first-order valence-electron chi connectivity index (χ1n) is 12.1. The van der Waals surface area contributed by atoms with Crippen LogP contribution < -0.4 is 10.3 Å². The largest absolute Gasteiger partial charge is 0.494 e. The minimum atomic E-state index is -0.355. The molecule has 1 fully saturated rings. The lowest BCUT2D eigenvalue weighted by Crippen LogP contribution is -2.44. The normalized spacial score (nSPS) is 14.6. The van der Waals surface area contributed by atoms with Crippen molar-refractivity contribution in [3.8, 4) is 11.4 Å². The minimum absolute atomic E-state index is 0.0389. The number of carbonyl (C=O) groups excluding carboxylic acids is 1. The first-order valence-corrected chi connectivity index (χ1v) is 12.1. The fraction of sp³-hybridized carbons (Fsp3) is 0.444. The molecule has 0 saturated heterocycles. The number of methoxy groups -OCH3 is 1. The number of fused-ring (bicyclic) bond motifs is 1. The van der Waals surface area contributed by atoms with Crippen molar-refractivity contribution in [2.45, 2.75) is 45.6 Å². The zero-order valence-corrected chi connectivity index (χ0v) is 20.2. The molecule has 180 valence electrons. The highest BCUT2D eigenvalue weighted by Crippen LogP contribution is 2.33. The van der Waals surface area contributed by atoms with Crippen LogP contribution in [0.15, 0.2) is 53.3 Å². The summed E-state index contributed by atoms with van der Waals surface area (Å²) < 4.78 is 12.6. The lowest BCUT2D eigenvalue weighted by atomic mass is 9.84. The van der Waals surface area contributed by atoms with Gasteiger partial charge in [-0.1, -0.05) is 25.5 Å². The molecule has 1 unspecified atom stereocenters. The predicted molar refractivity (Wildman–Crippen MR) is 132 cm³/mol. The maximum absolute atomic E-state index is 13.8. The summed E-state index contributed by atoms with van der Waals surface area (Å²) in [6.07, 6.45) is 3.53. The highest BCUT2D eigenvalue weighted by molar-refractivity contribution is 5.81. The van der Waals surface area contributed by atoms with E-state index in [1.807, 2.05) is 61.2 Å². The maximum atomic E-state index is 13.8. The van der Waals surface area contributed by atoms with E-state index in [2.05, 4.69) is 0 Å². The number of carbonyl (C=O) groups is 1. The summed E-state index contributed by atoms with van der Waals surface area (Å²) in [7, 11) is 1.64. The topological polar surface area (TPSA) is 73.7 Å². The van der Waals surface area contributed by atoms with E-state index in [0.717, 1.165) is 25.0 Å². The van der Waals surface area contributed by atoms with Gasteiger partial charge in [0.1, 0.15) is 11.6 Å². The van der Waals surface area contributed by atoms with E-state index < -0.39 is 0 Å². The molecule has 4 rings (SSSR count). The van der Waals surface area contributed by atoms with Crippen molar-refractivity contribution >= 4 is 16.8 Å². The molecule has 0 radical (unpaired) electrons. The Balaban J connectivity index is 1.88. The Labute approximate surface area is 200 Å². The zero-order valence-electron chi connectivity index (χ0n) is 20.2. The molecule has 0 spiro atoms. The Kier molecular flexibility index (Phi) is 7.63. The first kappa shape index (κ1) is 24.0. The second-order valence-electron chi connectivity index (χ2n) is 8.63. The van der Waals surface area contributed by atoms with Crippen LogP contribution in [0.5, 0.6) is 5.75 Å². The van der Waals surface area contributed by atoms with Crippen LogP contribution in [-0.2, 0) is 9.53 Å². The second-order valence-corrected chi connectivity index (χ2v) is 8.63. The minimum Gasteiger partial charge on any atom is -0.494 e. The summed E-state index contributed by atoms with van der Waals surface area (Å²) in [5, 5.41) is 0.545. The fourth-order valence-electron chi connectivity index (χ4n) is 4.52. The monoisotopic (exact) mass is 463 g/mol. The van der Waals surface area contributed by atoms with Gasteiger partial charge in [0, 0.05) is 19.6 Å². The van der Waals surface area contributed by atoms with Gasteiger partial charge in [0.15, 0.2) is 0 Å². The molecule has 34 heavy (non-hydrogen) atoms. The average Bonchev–Trinajstić information content (AvgIpc) is 2.81. The van der Waals surface area contributed by atoms with Gasteiger partial charge in [-0.3, -0.25) is 14.2 Å². The van der Waals surface area contributed by atoms with E-state index in [-0.39, 0.29) is 23.4 Å². The molecular weight excluding hydrogens is 430 g/mol. The van der Waals surface area contributed by atoms with Gasteiger partial charge in [0.05, 0.1) is 35.8 Å². The Bertz CT molecular complexity index is 1180. The highest BCUT2D eigenvalue weighted by atomic mass is 16.5. The third kappa shape index (κ3) is 4.71. The van der Waals surface area contributed by atoms with Crippen LogP contribution in [-0.4, -0.2) is 47.2 Å². The number of amides is 1. The maximum Gasteiger partial charge on any atom is 0.266 e. The molecule has 7 nitrogen and oxygen atoms in total. The van der Waals surface area contributed by atoms with Gasteiger partial charge >= 0.3 is 0 Å². The van der Waals surface area contributed by atoms with Gasteiger partial charge in [0.2, 0.25) is 5.91 Å². The van der Waals surface area contributed by atoms with Crippen LogP contribution in [0.25, 0.3) is 16.6 Å². The van der Waals surface area contributed by atoms with Crippen molar-refractivity contribution in [1.82, 2.24) is 14.5 Å². The van der Waals surface area contributed by atoms with Gasteiger partial charge in [-0.15, -0.1) is 0 Å². The summed E-state index contributed by atoms with van der Waals surface area (Å²) >= 11 is 0. The molecule has 1 atom stereocenters. The number of ether oxygens (including phenoxy) is 2. The van der Waals surface area contributed by atoms with Gasteiger partial charge < -0.3 is 14.4 Å². The average molecular weight is 464 g/mol. The SMILES string of the molecule is CCOc1ccc(-n2c(C(CC)N(CCOC)C(=O)C3CCC3)nc3ccccc3c2=O)cc1. The molecule has 1 saturated carbocycles. The van der Waals surface area contributed by atoms with Gasteiger partial charge in [-0.05, 0) is 62.6 Å². The van der Waals surface area contributed by atoms with Crippen molar-refractivity contribution < 1.29 is 14.3 Å². The van der Waals surface area contributed by atoms with E-state index in [4.69, 9.17) is 14.5 Å². The van der Waals surface area contributed by atoms with Crippen LogP contribution in [0, 0.1) is 5.92 Å². The summed E-state index contributed by atoms with van der Waals surface area (Å²) in [5.41, 5.74) is 1.18. The highest BCUT2D eigenvalue weighted by Gasteiger charge is 2.35. The number of hydrogen-bond donors (Lipinski definition) is 0. The van der Waals surface area contributed by atoms with Crippen molar-refractivity contribution in [2.24, 2.45) is 5.92 Å². The lowest BCUT2D eigenvalue weighted by Gasteiger charge is -2.37. The molecule has 1 heterocycles. The smallest absolute Gasteiger partial charge is 0.266 e. The lowest BCUT2D eigenvalue weighted by molar-refractivity contribution is -0.142. The van der Waals surface area contributed by atoms with Crippen LogP contribution in [0.1, 0.15) is 51.4 Å². The van der Waals surface area contributed by atoms with E-state index >= 15 is 0 Å². The van der Waals surface area contributed by atoms with E-state index in [1.54, 1.807) is 17.7 Å². The van der Waals surface area contributed by atoms with Crippen LogP contribution in [0.4, 0.5) is 0 Å². The number of rotatable bonds is 10. The van der Waals surface area contributed by atoms with Gasteiger partial charge in [-0.25, -0.2) is 4.98 Å². The fourth-order valence-corrected chi connectivity index (χ4v) is 4.52. The predicted octanol–water partition coefficient (Wildman–Crippen LogP) is 4.51. The molecule has 1 aliphatic carbocycles. The number of para-hydroxylation sites is 1. The summed E-state index contributed by atoms with van der Waals surface area (Å²) in [4.78, 5) is 34.0. The quantitative estimate of drug-likeness (QED) is 0.442. The van der Waals surface area contributed by atoms with Crippen molar-refractivity contribution in [2.75, 3.05) is 26.9 Å². The van der Waals surface area contributed by atoms with Gasteiger partial charge in [-0.2, -0.15) is 0 Å². The van der Waals surface area contributed by atoms with Crippen molar-refractivity contribution in [3.05, 3.63) is 64.7 Å². The zero-order chi connectivity index (χ0) is 24.1. The van der Waals surface area contributed by atoms with E-state index in [9.17, 15) is 9.59 Å². The third-order valence-electron chi connectivity index (χ3n) is 6.54. The molecule has 0 bridgehead atoms. The summed E-state index contributed by atoms with van der Waals surface area (Å²) in [5.74, 6) is 1.47. The van der Waals surface area contributed by atoms with Crippen molar-refractivity contribution in [1.29, 1.82) is 0 Å². The van der Waals surface area contributed by atoms with Crippen LogP contribution in [0.2, 0.25) is 0 Å². The standard InChI is InChI=1S/C27H33N3O4/c1-4-24(29(17-18-33-3)26(31)19-9-8-10-19)25-28-23-12-7-6-11-22(23)27(32)30(25)20-13-15-21(16-14-20)34-5-2/h6-7,11-16,19,24H,4-5,8-10,17-18H2,1-3H3. The summed E-state index contributed by atoms with van der Waals surface area (Å²) in [6.45, 7) is 5.41. The molecule has 3 aromatic rings. The number of aromatic nitrogens is 2. The number of hydrogen-bond acceptors (Lipinski definition) is 5. The molecule has 1 amide bonds. The molecule has 0 aliphatic heterocycles. The number of nitrogens with zero attached hydrogens (tertiary/aromatic N) is 3. The molecule has 7 heteroatoms. The van der Waals surface area contributed by atoms with Gasteiger partial charge in [0.25, 0.3) is 5.56 Å². The molecular formula is C27H33N3O4. The summed E-state index contributed by atoms with van der Waals surface area (Å²) in [6, 6.07) is 14.5. The molecule has 1 aliphatic rings. The Hall–Kier alpha value is -3.19. The van der Waals surface area contributed by atoms with Crippen molar-refractivity contribution in [3.63, 3.8) is 0 Å². The number of benzene rings is 2. The third-order valence-corrected chi connectivity index (χ3v) is 6.54. The molecule has 2 aromatic carbocycles. The molecule has 0 N–H and O–H groups in total. The van der Waals surface area contributed by atoms with E-state index in [0.29, 0.717) is 48.6 Å².